The monoisotopic (exact) mass is 120 g/mol. The van der Waals surface area contributed by atoms with Crippen molar-refractivity contribution in [2.75, 3.05) is 0 Å². The van der Waals surface area contributed by atoms with Gasteiger partial charge in [-0.05, 0) is 13.8 Å². The molecule has 0 rings (SSSR count). The summed E-state index contributed by atoms with van der Waals surface area (Å²) in [4.78, 5) is 8.05. The molecule has 0 heterocycles. The molecule has 0 saturated carbocycles. The Morgan fingerprint density at radius 2 is 2.14 bits per heavy atom. The Kier molecular flexibility index (Phi) is 2.58. The van der Waals surface area contributed by atoms with Gasteiger partial charge < -0.3 is 9.22 Å². The summed E-state index contributed by atoms with van der Waals surface area (Å²) in [5.74, 6) is 0. The Bertz CT molecular complexity index is 70.6. The first-order valence-corrected chi connectivity index (χ1v) is 3.29. The molecule has 0 aliphatic heterocycles. The fraction of sp³-hybridized carbons (Fsp3) is 1.00. The first-order chi connectivity index (χ1) is 3.13. The van der Waals surface area contributed by atoms with Crippen molar-refractivity contribution in [3.63, 3.8) is 0 Å². The van der Waals surface area contributed by atoms with Crippen LogP contribution in [0.25, 0.3) is 0 Å². The van der Waals surface area contributed by atoms with Crippen molar-refractivity contribution in [2.24, 2.45) is 0 Å². The summed E-state index contributed by atoms with van der Waals surface area (Å²) < 4.78 is 14.1. The van der Waals surface area contributed by atoms with E-state index < -0.39 is 9.17 Å². The molecule has 3 nitrogen and oxygen atoms in total. The molecule has 0 fully saturated rings. The normalized spacial score (nSPS) is 9.00. The molecule has 0 aliphatic rings. The van der Waals surface area contributed by atoms with Gasteiger partial charge in [0.05, 0.1) is 6.10 Å². The van der Waals surface area contributed by atoms with Crippen LogP contribution in [0, 0.1) is 0 Å². The van der Waals surface area contributed by atoms with Crippen LogP contribution >= 0.6 is 0 Å². The number of hydrogen-bond donors (Lipinski definition) is 1. The predicted molar refractivity (Wildman–Crippen MR) is 24.9 cm³/mol. The van der Waals surface area contributed by atoms with Gasteiger partial charge in [-0.2, -0.15) is 0 Å². The van der Waals surface area contributed by atoms with Crippen LogP contribution in [0.15, 0.2) is 0 Å². The second-order valence-electron chi connectivity index (χ2n) is 1.43. The van der Waals surface area contributed by atoms with Gasteiger partial charge in [0.25, 0.3) is 0 Å². The van der Waals surface area contributed by atoms with E-state index in [4.69, 9.17) is 4.80 Å². The van der Waals surface area contributed by atoms with Gasteiger partial charge in [-0.1, -0.05) is 0 Å². The van der Waals surface area contributed by atoms with Gasteiger partial charge in [0.15, 0.2) is 0 Å². The van der Waals surface area contributed by atoms with Crippen LogP contribution in [-0.2, 0) is 8.89 Å². The maximum Gasteiger partial charge on any atom is 0.764 e. The van der Waals surface area contributed by atoms with Gasteiger partial charge >= 0.3 is 9.17 Å². The number of hydrogen-bond acceptors (Lipinski definition) is 2. The average Bonchev–Trinajstić information content (AvgIpc) is 1.27. The van der Waals surface area contributed by atoms with E-state index in [9.17, 15) is 4.46 Å². The Morgan fingerprint density at radius 3 is 2.14 bits per heavy atom. The molecule has 0 atom stereocenters. The third kappa shape index (κ3) is 5.62. The molecule has 0 aromatic rings. The lowest BCUT2D eigenvalue weighted by Gasteiger charge is -1.99. The quantitative estimate of drug-likeness (QED) is 0.514. The maximum absolute atomic E-state index is 9.77. The fourth-order valence-electron chi connectivity index (χ4n) is 0.202. The molecule has 0 spiro atoms. The lowest BCUT2D eigenvalue weighted by molar-refractivity contribution is 0.174. The first-order valence-electron chi connectivity index (χ1n) is 2.02. The third-order valence-corrected chi connectivity index (χ3v) is 1.01. The number of rotatable bonds is 2. The van der Waals surface area contributed by atoms with Crippen molar-refractivity contribution < 1.29 is 13.7 Å². The molecule has 0 unspecified atom stereocenters. The summed E-state index contributed by atoms with van der Waals surface area (Å²) in [6, 6.07) is 0. The van der Waals surface area contributed by atoms with Crippen LogP contribution < -0.4 is 0 Å². The SMILES string of the molecule is CC(C)O[Si](=O)O. The van der Waals surface area contributed by atoms with Gasteiger partial charge in [0.1, 0.15) is 0 Å². The summed E-state index contributed by atoms with van der Waals surface area (Å²) in [5.41, 5.74) is 0. The van der Waals surface area contributed by atoms with Crippen LogP contribution in [0.3, 0.4) is 0 Å². The molecule has 0 aromatic carbocycles. The molecule has 7 heavy (non-hydrogen) atoms. The highest BCUT2D eigenvalue weighted by atomic mass is 28.3. The maximum atomic E-state index is 9.77. The topological polar surface area (TPSA) is 46.5 Å². The van der Waals surface area contributed by atoms with Gasteiger partial charge in [-0.3, -0.25) is 4.46 Å². The predicted octanol–water partition coefficient (Wildman–Crippen LogP) is -0.181. The van der Waals surface area contributed by atoms with E-state index in [1.807, 2.05) is 0 Å². The first kappa shape index (κ1) is 6.62. The van der Waals surface area contributed by atoms with Crippen LogP contribution in [0.1, 0.15) is 13.8 Å². The molecule has 0 radical (unpaired) electrons. The van der Waals surface area contributed by atoms with E-state index >= 15 is 0 Å². The minimum absolute atomic E-state index is 0.142. The van der Waals surface area contributed by atoms with Gasteiger partial charge in [0, 0.05) is 0 Å². The molecular formula is C3H8O3Si. The molecule has 0 aliphatic carbocycles. The minimum Gasteiger partial charge on any atom is -0.511 e. The van der Waals surface area contributed by atoms with E-state index in [-0.39, 0.29) is 6.10 Å². The van der Waals surface area contributed by atoms with Crippen molar-refractivity contribution in [2.45, 2.75) is 20.0 Å². The zero-order valence-electron chi connectivity index (χ0n) is 4.34. The van der Waals surface area contributed by atoms with Gasteiger partial charge in [-0.25, -0.2) is 0 Å². The van der Waals surface area contributed by atoms with Crippen molar-refractivity contribution >= 4 is 9.17 Å². The molecule has 0 aromatic heterocycles. The zero-order valence-corrected chi connectivity index (χ0v) is 5.34. The second kappa shape index (κ2) is 2.73. The van der Waals surface area contributed by atoms with Crippen molar-refractivity contribution in [3.8, 4) is 0 Å². The van der Waals surface area contributed by atoms with Crippen LogP contribution in [-0.4, -0.2) is 20.1 Å². The van der Waals surface area contributed by atoms with Crippen molar-refractivity contribution in [3.05, 3.63) is 0 Å². The van der Waals surface area contributed by atoms with Crippen LogP contribution in [0.2, 0.25) is 0 Å². The lowest BCUT2D eigenvalue weighted by Crippen LogP contribution is -2.11. The minimum atomic E-state index is -2.68. The van der Waals surface area contributed by atoms with E-state index in [1.165, 1.54) is 0 Å². The molecule has 1 N–H and O–H groups in total. The zero-order chi connectivity index (χ0) is 5.86. The Labute approximate surface area is 43.8 Å². The van der Waals surface area contributed by atoms with Crippen LogP contribution in [0.4, 0.5) is 0 Å². The highest BCUT2D eigenvalue weighted by Gasteiger charge is 2.04. The van der Waals surface area contributed by atoms with Gasteiger partial charge in [0.2, 0.25) is 0 Å². The summed E-state index contributed by atoms with van der Waals surface area (Å²) >= 11 is 0. The highest BCUT2D eigenvalue weighted by molar-refractivity contribution is 6.24. The molecule has 4 heteroatoms. The summed E-state index contributed by atoms with van der Waals surface area (Å²) in [7, 11) is -2.68. The molecule has 0 saturated heterocycles. The van der Waals surface area contributed by atoms with Crippen LogP contribution in [0.5, 0.6) is 0 Å². The van der Waals surface area contributed by atoms with Crippen molar-refractivity contribution in [1.82, 2.24) is 0 Å². The Balaban J connectivity index is 3.13. The average molecular weight is 120 g/mol. The third-order valence-electron chi connectivity index (χ3n) is 0.337. The van der Waals surface area contributed by atoms with Gasteiger partial charge in [-0.15, -0.1) is 0 Å². The summed E-state index contributed by atoms with van der Waals surface area (Å²) in [6.45, 7) is 3.41. The largest absolute Gasteiger partial charge is 0.764 e. The Hall–Kier alpha value is -0.383. The molecule has 0 amide bonds. The highest BCUT2D eigenvalue weighted by Crippen LogP contribution is 1.82. The standard InChI is InChI=1S/C3H8O3Si/c1-3(2)6-7(4)5/h3-4H,1-2H3. The summed E-state index contributed by atoms with van der Waals surface area (Å²) in [5, 5.41) is 0. The molecular weight excluding hydrogens is 112 g/mol. The Morgan fingerprint density at radius 1 is 1.71 bits per heavy atom. The van der Waals surface area contributed by atoms with E-state index in [1.54, 1.807) is 13.8 Å². The van der Waals surface area contributed by atoms with E-state index in [0.717, 1.165) is 0 Å². The fourth-order valence-corrected chi connectivity index (χ4v) is 0.605. The van der Waals surface area contributed by atoms with Crippen molar-refractivity contribution in [1.29, 1.82) is 0 Å². The van der Waals surface area contributed by atoms with E-state index in [2.05, 4.69) is 4.43 Å². The molecule has 0 bridgehead atoms. The van der Waals surface area contributed by atoms with E-state index in [0.29, 0.717) is 0 Å². The lowest BCUT2D eigenvalue weighted by atomic mass is 10.5. The molecule has 42 valence electrons. The smallest absolute Gasteiger partial charge is 0.511 e. The second-order valence-corrected chi connectivity index (χ2v) is 2.20. The summed E-state index contributed by atoms with van der Waals surface area (Å²) in [6.07, 6.45) is -0.142.